The van der Waals surface area contributed by atoms with Crippen molar-refractivity contribution in [2.24, 2.45) is 5.41 Å². The molecule has 2 aromatic carbocycles. The number of hydrogen-bond acceptors (Lipinski definition) is 4. The molecule has 0 heterocycles. The van der Waals surface area contributed by atoms with Crippen LogP contribution in [0.3, 0.4) is 0 Å². The van der Waals surface area contributed by atoms with Crippen molar-refractivity contribution >= 4 is 11.6 Å². The lowest BCUT2D eigenvalue weighted by Gasteiger charge is -2.30. The summed E-state index contributed by atoms with van der Waals surface area (Å²) in [5, 5.41) is 20.2. The summed E-state index contributed by atoms with van der Waals surface area (Å²) < 4.78 is 0. The Labute approximate surface area is 173 Å². The number of carbonyl (C=O) groups is 2. The third kappa shape index (κ3) is 4.87. The van der Waals surface area contributed by atoms with Gasteiger partial charge in [-0.15, -0.1) is 0 Å². The first-order valence-corrected chi connectivity index (χ1v) is 10.1. The fourth-order valence-corrected chi connectivity index (χ4v) is 3.86. The van der Waals surface area contributed by atoms with E-state index in [1.165, 1.54) is 13.8 Å². The Morgan fingerprint density at radius 3 is 1.38 bits per heavy atom. The molecule has 4 nitrogen and oxygen atoms in total. The van der Waals surface area contributed by atoms with Crippen molar-refractivity contribution in [3.63, 3.8) is 0 Å². The van der Waals surface area contributed by atoms with Crippen molar-refractivity contribution in [1.82, 2.24) is 0 Å². The number of hydrogen-bond donors (Lipinski definition) is 2. The minimum atomic E-state index is -1.18. The zero-order valence-electron chi connectivity index (χ0n) is 18.2. The summed E-state index contributed by atoms with van der Waals surface area (Å²) >= 11 is 0. The second-order valence-corrected chi connectivity index (χ2v) is 8.64. The molecule has 0 atom stereocenters. The lowest BCUT2D eigenvalue weighted by Crippen LogP contribution is -2.41. The summed E-state index contributed by atoms with van der Waals surface area (Å²) in [6, 6.07) is 10.6. The van der Waals surface area contributed by atoms with Gasteiger partial charge in [0.05, 0.1) is 5.41 Å². The number of benzene rings is 2. The SMILES string of the molecule is CC(=O)C(Cc1ccc(O)c(C(C)C)c1)(Cc1ccc(O)c(C(C)C)c1)C(C)=O. The van der Waals surface area contributed by atoms with E-state index in [2.05, 4.69) is 0 Å². The van der Waals surface area contributed by atoms with Crippen molar-refractivity contribution in [2.45, 2.75) is 66.2 Å². The molecule has 0 amide bonds. The van der Waals surface area contributed by atoms with Crippen molar-refractivity contribution < 1.29 is 19.8 Å². The van der Waals surface area contributed by atoms with Gasteiger partial charge in [0.15, 0.2) is 0 Å². The average Bonchev–Trinajstić information content (AvgIpc) is 2.63. The molecule has 0 unspecified atom stereocenters. The molecule has 0 saturated heterocycles. The molecule has 4 heteroatoms. The van der Waals surface area contributed by atoms with Gasteiger partial charge in [-0.2, -0.15) is 0 Å². The number of ketones is 2. The first kappa shape index (κ1) is 22.7. The quantitative estimate of drug-likeness (QED) is 0.594. The minimum absolute atomic E-state index is 0.129. The van der Waals surface area contributed by atoms with E-state index in [9.17, 15) is 19.8 Å². The highest BCUT2D eigenvalue weighted by Gasteiger charge is 2.41. The van der Waals surface area contributed by atoms with Gasteiger partial charge in [0.1, 0.15) is 23.1 Å². The van der Waals surface area contributed by atoms with Gasteiger partial charge in [-0.05, 0) is 72.9 Å². The first-order valence-electron chi connectivity index (χ1n) is 10.1. The van der Waals surface area contributed by atoms with Crippen LogP contribution in [0, 0.1) is 5.41 Å². The molecule has 0 bridgehead atoms. The van der Waals surface area contributed by atoms with Crippen LogP contribution in [0.5, 0.6) is 11.5 Å². The van der Waals surface area contributed by atoms with Crippen LogP contribution in [-0.4, -0.2) is 21.8 Å². The van der Waals surface area contributed by atoms with Crippen LogP contribution >= 0.6 is 0 Å². The second kappa shape index (κ2) is 8.81. The molecule has 0 spiro atoms. The molecule has 156 valence electrons. The zero-order chi connectivity index (χ0) is 21.9. The van der Waals surface area contributed by atoms with Crippen LogP contribution in [-0.2, 0) is 22.4 Å². The predicted octanol–water partition coefficient (Wildman–Crippen LogP) is 5.29. The summed E-state index contributed by atoms with van der Waals surface area (Å²) in [7, 11) is 0. The van der Waals surface area contributed by atoms with Gasteiger partial charge in [0.25, 0.3) is 0 Å². The van der Waals surface area contributed by atoms with Crippen molar-refractivity contribution in [3.8, 4) is 11.5 Å². The van der Waals surface area contributed by atoms with Gasteiger partial charge in [-0.1, -0.05) is 52.0 Å². The molecule has 0 radical (unpaired) electrons. The number of carbonyl (C=O) groups excluding carboxylic acids is 2. The first-order chi connectivity index (χ1) is 13.5. The van der Waals surface area contributed by atoms with Gasteiger partial charge in [0.2, 0.25) is 0 Å². The van der Waals surface area contributed by atoms with E-state index >= 15 is 0 Å². The zero-order valence-corrected chi connectivity index (χ0v) is 18.2. The molecule has 2 N–H and O–H groups in total. The van der Waals surface area contributed by atoms with E-state index in [1.54, 1.807) is 24.3 Å². The third-order valence-electron chi connectivity index (χ3n) is 5.79. The Kier molecular flexibility index (Phi) is 6.89. The van der Waals surface area contributed by atoms with Gasteiger partial charge in [-0.25, -0.2) is 0 Å². The fraction of sp³-hybridized carbons (Fsp3) is 0.440. The Morgan fingerprint density at radius 2 is 1.10 bits per heavy atom. The van der Waals surface area contributed by atoms with Gasteiger partial charge in [-0.3, -0.25) is 9.59 Å². The summed E-state index contributed by atoms with van der Waals surface area (Å²) in [4.78, 5) is 25.5. The van der Waals surface area contributed by atoms with E-state index in [0.717, 1.165) is 22.3 Å². The highest BCUT2D eigenvalue weighted by Crippen LogP contribution is 2.35. The van der Waals surface area contributed by atoms with E-state index in [-0.39, 0.29) is 47.7 Å². The average molecular weight is 397 g/mol. The van der Waals surface area contributed by atoms with E-state index in [0.29, 0.717) is 0 Å². The third-order valence-corrected chi connectivity index (χ3v) is 5.79. The normalized spacial score (nSPS) is 11.9. The van der Waals surface area contributed by atoms with Crippen LogP contribution in [0.4, 0.5) is 0 Å². The van der Waals surface area contributed by atoms with Gasteiger partial charge < -0.3 is 10.2 Å². The molecular weight excluding hydrogens is 364 g/mol. The lowest BCUT2D eigenvalue weighted by atomic mass is 9.70. The molecular formula is C25H32O4. The van der Waals surface area contributed by atoms with Crippen LogP contribution < -0.4 is 0 Å². The Hall–Kier alpha value is -2.62. The fourth-order valence-electron chi connectivity index (χ4n) is 3.86. The van der Waals surface area contributed by atoms with E-state index in [1.807, 2.05) is 39.8 Å². The van der Waals surface area contributed by atoms with Crippen molar-refractivity contribution in [1.29, 1.82) is 0 Å². The smallest absolute Gasteiger partial charge is 0.144 e. The topological polar surface area (TPSA) is 74.6 Å². The molecule has 0 aromatic heterocycles. The van der Waals surface area contributed by atoms with Gasteiger partial charge >= 0.3 is 0 Å². The maximum atomic E-state index is 12.8. The van der Waals surface area contributed by atoms with Crippen molar-refractivity contribution in [3.05, 3.63) is 58.7 Å². The summed E-state index contributed by atoms with van der Waals surface area (Å²) in [6.07, 6.45) is 0.547. The van der Waals surface area contributed by atoms with Gasteiger partial charge in [0, 0.05) is 0 Å². The van der Waals surface area contributed by atoms with E-state index < -0.39 is 5.41 Å². The number of phenolic OH excluding ortho intramolecular Hbond substituents is 2. The molecule has 0 aliphatic rings. The monoisotopic (exact) mass is 396 g/mol. The standard InChI is InChI=1S/C25H32O4/c1-15(2)21-11-19(7-9-23(21)28)13-25(17(5)26,18(6)27)14-20-8-10-24(29)22(12-20)16(3)4/h7-12,15-16,28-29H,13-14H2,1-6H3. The molecule has 2 rings (SSSR count). The second-order valence-electron chi connectivity index (χ2n) is 8.64. The highest BCUT2D eigenvalue weighted by atomic mass is 16.3. The van der Waals surface area contributed by atoms with Crippen LogP contribution in [0.2, 0.25) is 0 Å². The maximum absolute atomic E-state index is 12.8. The van der Waals surface area contributed by atoms with Crippen LogP contribution in [0.1, 0.15) is 75.6 Å². The van der Waals surface area contributed by atoms with Crippen LogP contribution in [0.15, 0.2) is 36.4 Å². The maximum Gasteiger partial charge on any atom is 0.144 e. The molecule has 29 heavy (non-hydrogen) atoms. The Balaban J connectivity index is 2.50. The summed E-state index contributed by atoms with van der Waals surface area (Å²) in [5.41, 5.74) is 2.11. The number of rotatable bonds is 8. The molecule has 0 fully saturated rings. The molecule has 0 aliphatic heterocycles. The van der Waals surface area contributed by atoms with Crippen LogP contribution in [0.25, 0.3) is 0 Å². The Bertz CT molecular complexity index is 834. The minimum Gasteiger partial charge on any atom is -0.508 e. The lowest BCUT2D eigenvalue weighted by molar-refractivity contribution is -0.138. The van der Waals surface area contributed by atoms with E-state index in [4.69, 9.17) is 0 Å². The summed E-state index contributed by atoms with van der Waals surface area (Å²) in [6.45, 7) is 10.9. The number of aromatic hydroxyl groups is 2. The summed E-state index contributed by atoms with van der Waals surface area (Å²) in [5.74, 6) is 0.348. The predicted molar refractivity (Wildman–Crippen MR) is 116 cm³/mol. The number of Topliss-reactive ketones (excluding diaryl/α,β-unsaturated/α-hetero) is 2. The van der Waals surface area contributed by atoms with Crippen molar-refractivity contribution in [2.75, 3.05) is 0 Å². The Morgan fingerprint density at radius 1 is 0.759 bits per heavy atom. The highest BCUT2D eigenvalue weighted by molar-refractivity contribution is 6.05. The molecule has 0 aliphatic carbocycles. The molecule has 0 saturated carbocycles. The number of phenols is 2. The molecule has 2 aromatic rings. The largest absolute Gasteiger partial charge is 0.508 e.